The number of hydrogen-bond acceptors (Lipinski definition) is 3. The molecule has 3 nitrogen and oxygen atoms in total. The summed E-state index contributed by atoms with van der Waals surface area (Å²) in [5.41, 5.74) is 1.13. The summed E-state index contributed by atoms with van der Waals surface area (Å²) in [5, 5.41) is 3.22. The van der Waals surface area contributed by atoms with Crippen molar-refractivity contribution < 1.29 is 4.42 Å². The van der Waals surface area contributed by atoms with Gasteiger partial charge in [0.15, 0.2) is 0 Å². The van der Waals surface area contributed by atoms with Crippen LogP contribution in [0.2, 0.25) is 0 Å². The number of nitrogens with zero attached hydrogens (tertiary/aromatic N) is 1. The molecule has 0 fully saturated rings. The van der Waals surface area contributed by atoms with E-state index in [0.717, 1.165) is 34.9 Å². The lowest BCUT2D eigenvalue weighted by atomic mass is 10.2. The first-order chi connectivity index (χ1) is 4.86. The first-order valence-corrected chi connectivity index (χ1v) is 4.29. The molecule has 0 radical (unpaired) electrons. The van der Waals surface area contributed by atoms with Crippen molar-refractivity contribution in [2.45, 2.75) is 13.0 Å². The van der Waals surface area contributed by atoms with Crippen molar-refractivity contribution in [2.75, 3.05) is 6.54 Å². The van der Waals surface area contributed by atoms with Gasteiger partial charge in [0.2, 0.25) is 0 Å². The molecule has 4 heteroatoms. The van der Waals surface area contributed by atoms with Crippen molar-refractivity contribution in [3.05, 3.63) is 15.4 Å². The zero-order valence-corrected chi connectivity index (χ0v) is 7.51. The van der Waals surface area contributed by atoms with Crippen molar-refractivity contribution in [2.24, 2.45) is 0 Å². The number of oxazole rings is 1. The zero-order valence-electron chi connectivity index (χ0n) is 5.35. The third-order valence-corrected chi connectivity index (χ3v) is 2.04. The van der Waals surface area contributed by atoms with E-state index in [1.165, 1.54) is 0 Å². The number of rotatable bonds is 0. The minimum Gasteiger partial charge on any atom is -0.435 e. The molecule has 0 saturated heterocycles. The van der Waals surface area contributed by atoms with Gasteiger partial charge >= 0.3 is 0 Å². The molecule has 0 amide bonds. The Hall–Kier alpha value is -0.100. The van der Waals surface area contributed by atoms with Gasteiger partial charge in [0, 0.05) is 35.6 Å². The van der Waals surface area contributed by atoms with Crippen molar-refractivity contribution in [3.8, 4) is 0 Å². The minimum atomic E-state index is 0.756. The molecule has 1 aromatic heterocycles. The van der Waals surface area contributed by atoms with E-state index in [1.54, 1.807) is 0 Å². The standard InChI is InChI=1S/C6H7IN2O/c7-6-9-4-1-2-8-3-5(4)10-6/h8H,1-3H2. The fourth-order valence-electron chi connectivity index (χ4n) is 1.09. The van der Waals surface area contributed by atoms with Gasteiger partial charge in [-0.2, -0.15) is 0 Å². The third-order valence-electron chi connectivity index (χ3n) is 1.58. The smallest absolute Gasteiger partial charge is 0.257 e. The van der Waals surface area contributed by atoms with Crippen molar-refractivity contribution in [1.82, 2.24) is 10.3 Å². The molecule has 0 aromatic carbocycles. The summed E-state index contributed by atoms with van der Waals surface area (Å²) < 4.78 is 6.07. The average Bonchev–Trinajstić information content (AvgIpc) is 2.27. The Morgan fingerprint density at radius 3 is 3.30 bits per heavy atom. The minimum absolute atomic E-state index is 0.756. The van der Waals surface area contributed by atoms with Gasteiger partial charge in [-0.05, 0) is 0 Å². The molecule has 2 heterocycles. The molecule has 10 heavy (non-hydrogen) atoms. The molecule has 0 saturated carbocycles. The Morgan fingerprint density at radius 2 is 2.50 bits per heavy atom. The van der Waals surface area contributed by atoms with E-state index < -0.39 is 0 Å². The Morgan fingerprint density at radius 1 is 1.60 bits per heavy atom. The quantitative estimate of drug-likeness (QED) is 0.696. The van der Waals surface area contributed by atoms with Crippen LogP contribution >= 0.6 is 22.6 Å². The van der Waals surface area contributed by atoms with Gasteiger partial charge < -0.3 is 9.73 Å². The van der Waals surface area contributed by atoms with E-state index >= 15 is 0 Å². The fraction of sp³-hybridized carbons (Fsp3) is 0.500. The molecule has 0 unspecified atom stereocenters. The largest absolute Gasteiger partial charge is 0.435 e. The van der Waals surface area contributed by atoms with E-state index in [1.807, 2.05) is 0 Å². The van der Waals surface area contributed by atoms with Gasteiger partial charge in [-0.25, -0.2) is 4.98 Å². The van der Waals surface area contributed by atoms with Crippen LogP contribution in [-0.4, -0.2) is 11.5 Å². The van der Waals surface area contributed by atoms with Gasteiger partial charge in [0.25, 0.3) is 3.90 Å². The summed E-state index contributed by atoms with van der Waals surface area (Å²) in [6.45, 7) is 1.86. The maximum atomic E-state index is 5.32. The first kappa shape index (κ1) is 6.60. The second-order valence-electron chi connectivity index (χ2n) is 2.26. The molecular formula is C6H7IN2O. The number of nitrogens with one attached hydrogen (secondary N) is 1. The second-order valence-corrected chi connectivity index (χ2v) is 3.19. The monoisotopic (exact) mass is 250 g/mol. The highest BCUT2D eigenvalue weighted by molar-refractivity contribution is 14.1. The topological polar surface area (TPSA) is 38.1 Å². The Labute approximate surface area is 72.3 Å². The second kappa shape index (κ2) is 2.50. The van der Waals surface area contributed by atoms with Crippen LogP contribution in [0.15, 0.2) is 4.42 Å². The van der Waals surface area contributed by atoms with Gasteiger partial charge in [-0.15, -0.1) is 0 Å². The molecule has 1 N–H and O–H groups in total. The van der Waals surface area contributed by atoms with E-state index in [9.17, 15) is 0 Å². The van der Waals surface area contributed by atoms with E-state index in [0.29, 0.717) is 0 Å². The van der Waals surface area contributed by atoms with E-state index in [2.05, 4.69) is 32.9 Å². The highest BCUT2D eigenvalue weighted by atomic mass is 127. The van der Waals surface area contributed by atoms with Crippen LogP contribution in [0.4, 0.5) is 0 Å². The Kier molecular flexibility index (Phi) is 1.65. The molecule has 1 aliphatic rings. The Bertz CT molecular complexity index is 222. The molecule has 1 aromatic rings. The molecule has 0 spiro atoms. The van der Waals surface area contributed by atoms with Crippen LogP contribution in [0, 0.1) is 3.90 Å². The lowest BCUT2D eigenvalue weighted by molar-refractivity contribution is 0.444. The van der Waals surface area contributed by atoms with Gasteiger partial charge in [0.05, 0.1) is 12.2 Å². The maximum Gasteiger partial charge on any atom is 0.257 e. The van der Waals surface area contributed by atoms with Crippen LogP contribution < -0.4 is 5.32 Å². The third kappa shape index (κ3) is 1.05. The van der Waals surface area contributed by atoms with Crippen molar-refractivity contribution in [1.29, 1.82) is 0 Å². The van der Waals surface area contributed by atoms with Crippen molar-refractivity contribution in [3.63, 3.8) is 0 Å². The highest BCUT2D eigenvalue weighted by Crippen LogP contribution is 2.15. The molecule has 1 aliphatic heterocycles. The Balaban J connectivity index is 2.41. The number of fused-ring (bicyclic) bond motifs is 1. The SMILES string of the molecule is Ic1nc2c(o1)CNCC2. The average molecular weight is 250 g/mol. The molecular weight excluding hydrogens is 243 g/mol. The molecule has 54 valence electrons. The van der Waals surface area contributed by atoms with Crippen LogP contribution in [0.3, 0.4) is 0 Å². The lowest BCUT2D eigenvalue weighted by Gasteiger charge is -2.07. The number of hydrogen-bond donors (Lipinski definition) is 1. The van der Waals surface area contributed by atoms with Crippen LogP contribution in [0.1, 0.15) is 11.5 Å². The van der Waals surface area contributed by atoms with Gasteiger partial charge in [-0.1, -0.05) is 0 Å². The predicted molar refractivity (Wildman–Crippen MR) is 44.6 cm³/mol. The summed E-state index contributed by atoms with van der Waals surface area (Å²) >= 11 is 2.10. The lowest BCUT2D eigenvalue weighted by Crippen LogP contribution is -2.22. The summed E-state index contributed by atoms with van der Waals surface area (Å²) in [7, 11) is 0. The van der Waals surface area contributed by atoms with Gasteiger partial charge in [0.1, 0.15) is 5.76 Å². The number of aromatic nitrogens is 1. The van der Waals surface area contributed by atoms with Crippen molar-refractivity contribution >= 4 is 22.6 Å². The fourth-order valence-corrected chi connectivity index (χ4v) is 1.65. The molecule has 2 rings (SSSR count). The summed E-state index contributed by atoms with van der Waals surface area (Å²) in [4.78, 5) is 4.23. The van der Waals surface area contributed by atoms with Gasteiger partial charge in [-0.3, -0.25) is 0 Å². The highest BCUT2D eigenvalue weighted by Gasteiger charge is 2.14. The molecule has 0 bridgehead atoms. The van der Waals surface area contributed by atoms with Crippen LogP contribution in [-0.2, 0) is 13.0 Å². The summed E-state index contributed by atoms with van der Waals surface area (Å²) in [6, 6.07) is 0. The van der Waals surface area contributed by atoms with Crippen LogP contribution in [0.25, 0.3) is 0 Å². The summed E-state index contributed by atoms with van der Waals surface area (Å²) in [5.74, 6) is 1.01. The summed E-state index contributed by atoms with van der Waals surface area (Å²) in [6.07, 6.45) is 1.00. The molecule has 0 aliphatic carbocycles. The first-order valence-electron chi connectivity index (χ1n) is 3.21. The van der Waals surface area contributed by atoms with E-state index in [-0.39, 0.29) is 0 Å². The van der Waals surface area contributed by atoms with Crippen LogP contribution in [0.5, 0.6) is 0 Å². The predicted octanol–water partition coefficient (Wildman–Crippen LogP) is 0.925. The van der Waals surface area contributed by atoms with E-state index in [4.69, 9.17) is 4.42 Å². The maximum absolute atomic E-state index is 5.32. The molecule has 0 atom stereocenters. The zero-order chi connectivity index (χ0) is 6.97. The number of halogens is 1. The normalized spacial score (nSPS) is 16.9.